The minimum absolute atomic E-state index is 0. The Labute approximate surface area is 144 Å². The lowest BCUT2D eigenvalue weighted by molar-refractivity contribution is 0.284. The first-order chi connectivity index (χ1) is 10.8. The van der Waals surface area contributed by atoms with Gasteiger partial charge in [0.1, 0.15) is 6.61 Å². The smallest absolute Gasteiger partial charge is 0.161 e. The summed E-state index contributed by atoms with van der Waals surface area (Å²) in [6, 6.07) is 16.2. The molecule has 1 aliphatic rings. The van der Waals surface area contributed by atoms with Crippen LogP contribution in [0.1, 0.15) is 36.4 Å². The molecule has 1 atom stereocenters. The summed E-state index contributed by atoms with van der Waals surface area (Å²) in [4.78, 5) is 0. The molecule has 0 saturated heterocycles. The standard InChI is InChI=1S/C19H23NO2.ClH/c1-21-18-10-9-16(17(20)11-14-7-8-14)12-19(18)22-13-15-5-3-2-4-6-15;/h2-6,9-10,12,14,17H,7-8,11,13,20H2,1H3;1H/t17-;/m1./s1. The first-order valence-electron chi connectivity index (χ1n) is 7.86. The van der Waals surface area contributed by atoms with Crippen LogP contribution >= 0.6 is 12.4 Å². The molecule has 2 aromatic rings. The van der Waals surface area contributed by atoms with Gasteiger partial charge in [0.15, 0.2) is 11.5 Å². The van der Waals surface area contributed by atoms with Crippen molar-refractivity contribution in [3.63, 3.8) is 0 Å². The van der Waals surface area contributed by atoms with Crippen LogP contribution < -0.4 is 15.2 Å². The summed E-state index contributed by atoms with van der Waals surface area (Å²) in [6.45, 7) is 0.526. The molecular weight excluding hydrogens is 310 g/mol. The largest absolute Gasteiger partial charge is 0.493 e. The summed E-state index contributed by atoms with van der Waals surface area (Å²) in [6.07, 6.45) is 3.70. The Morgan fingerprint density at radius 3 is 2.48 bits per heavy atom. The molecular formula is C19H24ClNO2. The third-order valence-electron chi connectivity index (χ3n) is 4.14. The number of hydrogen-bond acceptors (Lipinski definition) is 3. The fraction of sp³-hybridized carbons (Fsp3) is 0.368. The first-order valence-corrected chi connectivity index (χ1v) is 7.86. The fourth-order valence-electron chi connectivity index (χ4n) is 2.62. The van der Waals surface area contributed by atoms with Crippen LogP contribution in [0.3, 0.4) is 0 Å². The second kappa shape index (κ2) is 8.23. The topological polar surface area (TPSA) is 44.5 Å². The van der Waals surface area contributed by atoms with Crippen molar-refractivity contribution in [2.75, 3.05) is 7.11 Å². The highest BCUT2D eigenvalue weighted by Gasteiger charge is 2.24. The quantitative estimate of drug-likeness (QED) is 0.811. The first kappa shape index (κ1) is 17.6. The summed E-state index contributed by atoms with van der Waals surface area (Å²) in [5, 5.41) is 0. The Bertz CT molecular complexity index is 614. The predicted molar refractivity (Wildman–Crippen MR) is 95.3 cm³/mol. The van der Waals surface area contributed by atoms with Crippen molar-refractivity contribution in [1.82, 2.24) is 0 Å². The van der Waals surface area contributed by atoms with Crippen molar-refractivity contribution in [2.24, 2.45) is 11.7 Å². The van der Waals surface area contributed by atoms with E-state index in [0.29, 0.717) is 6.61 Å². The van der Waals surface area contributed by atoms with Gasteiger partial charge < -0.3 is 15.2 Å². The minimum Gasteiger partial charge on any atom is -0.493 e. The van der Waals surface area contributed by atoms with Gasteiger partial charge in [-0.05, 0) is 35.6 Å². The summed E-state index contributed by atoms with van der Waals surface area (Å²) < 4.78 is 11.3. The molecule has 0 unspecified atom stereocenters. The Morgan fingerprint density at radius 1 is 1.09 bits per heavy atom. The van der Waals surface area contributed by atoms with E-state index in [-0.39, 0.29) is 18.4 Å². The number of benzene rings is 2. The number of rotatable bonds is 7. The Morgan fingerprint density at radius 2 is 1.83 bits per heavy atom. The zero-order chi connectivity index (χ0) is 15.4. The zero-order valence-corrected chi connectivity index (χ0v) is 14.2. The second-order valence-corrected chi connectivity index (χ2v) is 5.97. The molecule has 0 amide bonds. The highest BCUT2D eigenvalue weighted by molar-refractivity contribution is 5.85. The average molecular weight is 334 g/mol. The normalized spacial score (nSPS) is 14.7. The van der Waals surface area contributed by atoms with Gasteiger partial charge in [-0.2, -0.15) is 0 Å². The van der Waals surface area contributed by atoms with Gasteiger partial charge in [0, 0.05) is 6.04 Å². The van der Waals surface area contributed by atoms with Crippen LogP contribution in [0.5, 0.6) is 11.5 Å². The van der Waals surface area contributed by atoms with Crippen molar-refractivity contribution in [1.29, 1.82) is 0 Å². The maximum Gasteiger partial charge on any atom is 0.161 e. The van der Waals surface area contributed by atoms with Crippen LogP contribution in [0.25, 0.3) is 0 Å². The lowest BCUT2D eigenvalue weighted by atomic mass is 10.0. The molecule has 4 heteroatoms. The number of nitrogens with two attached hydrogens (primary N) is 1. The predicted octanol–water partition coefficient (Wildman–Crippen LogP) is 4.50. The van der Waals surface area contributed by atoms with Gasteiger partial charge in [-0.1, -0.05) is 49.2 Å². The molecule has 0 spiro atoms. The average Bonchev–Trinajstić information content (AvgIpc) is 3.37. The lowest BCUT2D eigenvalue weighted by Gasteiger charge is -2.16. The third-order valence-corrected chi connectivity index (χ3v) is 4.14. The number of halogens is 1. The van der Waals surface area contributed by atoms with Crippen LogP contribution in [0.15, 0.2) is 48.5 Å². The number of hydrogen-bond donors (Lipinski definition) is 1. The molecule has 124 valence electrons. The van der Waals surface area contributed by atoms with E-state index in [4.69, 9.17) is 15.2 Å². The van der Waals surface area contributed by atoms with Gasteiger partial charge >= 0.3 is 0 Å². The molecule has 0 bridgehead atoms. The van der Waals surface area contributed by atoms with E-state index in [9.17, 15) is 0 Å². The molecule has 0 aliphatic heterocycles. The third kappa shape index (κ3) is 4.88. The van der Waals surface area contributed by atoms with E-state index in [0.717, 1.165) is 35.0 Å². The molecule has 0 radical (unpaired) electrons. The van der Waals surface area contributed by atoms with Crippen molar-refractivity contribution in [3.8, 4) is 11.5 Å². The molecule has 1 aliphatic carbocycles. The van der Waals surface area contributed by atoms with Gasteiger partial charge in [0.25, 0.3) is 0 Å². The van der Waals surface area contributed by atoms with E-state index >= 15 is 0 Å². The molecule has 23 heavy (non-hydrogen) atoms. The zero-order valence-electron chi connectivity index (χ0n) is 13.4. The van der Waals surface area contributed by atoms with E-state index in [1.54, 1.807) is 7.11 Å². The van der Waals surface area contributed by atoms with E-state index in [2.05, 4.69) is 12.1 Å². The Hall–Kier alpha value is -1.71. The van der Waals surface area contributed by atoms with Gasteiger partial charge in [-0.25, -0.2) is 0 Å². The molecule has 1 saturated carbocycles. The molecule has 3 rings (SSSR count). The molecule has 1 fully saturated rings. The number of ether oxygens (including phenoxy) is 2. The van der Waals surface area contributed by atoms with Gasteiger partial charge in [0.2, 0.25) is 0 Å². The van der Waals surface area contributed by atoms with Crippen LogP contribution in [0, 0.1) is 5.92 Å². The highest BCUT2D eigenvalue weighted by atomic mass is 35.5. The maximum atomic E-state index is 6.31. The minimum atomic E-state index is 0. The fourth-order valence-corrected chi connectivity index (χ4v) is 2.62. The van der Waals surface area contributed by atoms with Gasteiger partial charge in [0.05, 0.1) is 7.11 Å². The van der Waals surface area contributed by atoms with Crippen molar-refractivity contribution in [3.05, 3.63) is 59.7 Å². The SMILES string of the molecule is COc1ccc([C@H](N)CC2CC2)cc1OCc1ccccc1.Cl. The summed E-state index contributed by atoms with van der Waals surface area (Å²) in [5.41, 5.74) is 8.56. The molecule has 2 aromatic carbocycles. The van der Waals surface area contributed by atoms with Crippen LogP contribution in [0.2, 0.25) is 0 Å². The van der Waals surface area contributed by atoms with Crippen LogP contribution in [0.4, 0.5) is 0 Å². The molecule has 3 nitrogen and oxygen atoms in total. The van der Waals surface area contributed by atoms with Crippen LogP contribution in [-0.4, -0.2) is 7.11 Å². The van der Waals surface area contributed by atoms with Gasteiger partial charge in [-0.15, -0.1) is 12.4 Å². The van der Waals surface area contributed by atoms with E-state index in [1.165, 1.54) is 12.8 Å². The van der Waals surface area contributed by atoms with E-state index in [1.807, 2.05) is 36.4 Å². The highest BCUT2D eigenvalue weighted by Crippen LogP contribution is 2.38. The van der Waals surface area contributed by atoms with Crippen LogP contribution in [-0.2, 0) is 6.61 Å². The Balaban J connectivity index is 0.00000192. The summed E-state index contributed by atoms with van der Waals surface area (Å²) in [7, 11) is 1.66. The monoisotopic (exact) mass is 333 g/mol. The summed E-state index contributed by atoms with van der Waals surface area (Å²) in [5.74, 6) is 2.32. The molecule has 0 aromatic heterocycles. The van der Waals surface area contributed by atoms with E-state index < -0.39 is 0 Å². The maximum absolute atomic E-state index is 6.31. The molecule has 0 heterocycles. The summed E-state index contributed by atoms with van der Waals surface area (Å²) >= 11 is 0. The van der Waals surface area contributed by atoms with Crippen molar-refractivity contribution < 1.29 is 9.47 Å². The second-order valence-electron chi connectivity index (χ2n) is 5.97. The van der Waals surface area contributed by atoms with Crippen molar-refractivity contribution >= 4 is 12.4 Å². The number of methoxy groups -OCH3 is 1. The Kier molecular flexibility index (Phi) is 6.31. The molecule has 2 N–H and O–H groups in total. The van der Waals surface area contributed by atoms with Gasteiger partial charge in [-0.3, -0.25) is 0 Å². The van der Waals surface area contributed by atoms with Crippen molar-refractivity contribution in [2.45, 2.75) is 31.9 Å². The lowest BCUT2D eigenvalue weighted by Crippen LogP contribution is -2.11.